The van der Waals surface area contributed by atoms with Gasteiger partial charge in [-0.1, -0.05) is 36.4 Å². The number of fused-ring (bicyclic) bond motifs is 1. The van der Waals surface area contributed by atoms with Gasteiger partial charge in [0.25, 0.3) is 11.1 Å². The van der Waals surface area contributed by atoms with Crippen molar-refractivity contribution in [3.8, 4) is 0 Å². The fraction of sp³-hybridized carbons (Fsp3) is 0.0667. The number of benzene rings is 2. The van der Waals surface area contributed by atoms with E-state index in [4.69, 9.17) is 0 Å². The normalized spacial score (nSPS) is 10.7. The summed E-state index contributed by atoms with van der Waals surface area (Å²) in [6.07, 6.45) is 0.739. The number of aromatic nitrogens is 2. The smallest absolute Gasteiger partial charge is 0.267 e. The maximum atomic E-state index is 11.7. The Hall–Kier alpha value is -2.62. The van der Waals surface area contributed by atoms with Crippen molar-refractivity contribution in [2.24, 2.45) is 0 Å². The van der Waals surface area contributed by atoms with E-state index in [2.05, 4.69) is 10.2 Å². The van der Waals surface area contributed by atoms with Crippen LogP contribution in [0.4, 0.5) is 0 Å². The lowest BCUT2D eigenvalue weighted by Crippen LogP contribution is -2.18. The average molecular weight is 252 g/mol. The van der Waals surface area contributed by atoms with Crippen molar-refractivity contribution in [2.75, 3.05) is 0 Å². The third-order valence-electron chi connectivity index (χ3n) is 3.11. The summed E-state index contributed by atoms with van der Waals surface area (Å²) in [5.41, 5.74) is 1.63. The van der Waals surface area contributed by atoms with Crippen molar-refractivity contribution in [2.45, 2.75) is 6.42 Å². The van der Waals surface area contributed by atoms with Gasteiger partial charge in [-0.15, -0.1) is 0 Å². The second-order valence-electron chi connectivity index (χ2n) is 4.45. The Morgan fingerprint density at radius 2 is 1.42 bits per heavy atom. The second-order valence-corrected chi connectivity index (χ2v) is 4.45. The van der Waals surface area contributed by atoms with Gasteiger partial charge in [-0.2, -0.15) is 0 Å². The minimum absolute atomic E-state index is 0.274. The Morgan fingerprint density at radius 3 is 2.16 bits per heavy atom. The molecule has 0 amide bonds. The van der Waals surface area contributed by atoms with Gasteiger partial charge in [-0.3, -0.25) is 19.8 Å². The number of hydrogen-bond acceptors (Lipinski definition) is 2. The van der Waals surface area contributed by atoms with E-state index in [0.717, 1.165) is 12.0 Å². The fourth-order valence-corrected chi connectivity index (χ4v) is 2.17. The van der Waals surface area contributed by atoms with E-state index in [1.54, 1.807) is 12.1 Å². The van der Waals surface area contributed by atoms with Gasteiger partial charge in [0.15, 0.2) is 0 Å². The Morgan fingerprint density at radius 1 is 0.737 bits per heavy atom. The van der Waals surface area contributed by atoms with E-state index in [0.29, 0.717) is 10.8 Å². The predicted octanol–water partition coefficient (Wildman–Crippen LogP) is 1.81. The summed E-state index contributed by atoms with van der Waals surface area (Å²) in [5, 5.41) is 5.50. The molecule has 0 unspecified atom stereocenters. The Balaban J connectivity index is 2.10. The minimum Gasteiger partial charge on any atom is -0.267 e. The second kappa shape index (κ2) is 4.57. The van der Waals surface area contributed by atoms with Gasteiger partial charge in [0.2, 0.25) is 0 Å². The predicted molar refractivity (Wildman–Crippen MR) is 74.4 cm³/mol. The minimum atomic E-state index is -0.277. The molecule has 0 bridgehead atoms. The van der Waals surface area contributed by atoms with Gasteiger partial charge in [0.05, 0.1) is 10.8 Å². The van der Waals surface area contributed by atoms with Crippen LogP contribution in [0.3, 0.4) is 0 Å². The highest BCUT2D eigenvalue weighted by Crippen LogP contribution is 2.13. The molecule has 0 saturated carbocycles. The molecule has 0 atom stereocenters. The molecule has 0 aliphatic rings. The van der Waals surface area contributed by atoms with E-state index in [1.807, 2.05) is 36.4 Å². The van der Waals surface area contributed by atoms with Crippen LogP contribution in [0.1, 0.15) is 11.1 Å². The molecule has 4 nitrogen and oxygen atoms in total. The summed E-state index contributed by atoms with van der Waals surface area (Å²) in [7, 11) is 0. The first-order valence-electron chi connectivity index (χ1n) is 6.01. The van der Waals surface area contributed by atoms with Crippen LogP contribution in [0.15, 0.2) is 58.1 Å². The molecule has 0 spiro atoms. The number of hydrogen-bond donors (Lipinski definition) is 2. The number of aromatic amines is 2. The topological polar surface area (TPSA) is 65.7 Å². The molecule has 0 saturated heterocycles. The van der Waals surface area contributed by atoms with Crippen LogP contribution in [-0.4, -0.2) is 10.2 Å². The van der Waals surface area contributed by atoms with E-state index in [-0.39, 0.29) is 11.1 Å². The third-order valence-corrected chi connectivity index (χ3v) is 3.11. The largest absolute Gasteiger partial charge is 0.270 e. The van der Waals surface area contributed by atoms with Crippen molar-refractivity contribution in [3.63, 3.8) is 0 Å². The van der Waals surface area contributed by atoms with Crippen molar-refractivity contribution < 1.29 is 0 Å². The van der Waals surface area contributed by atoms with E-state index >= 15 is 0 Å². The Bertz CT molecular complexity index is 832. The molecular formula is C15H12N2O2. The molecule has 0 radical (unpaired) electrons. The molecule has 0 aliphatic heterocycles. The van der Waals surface area contributed by atoms with Crippen molar-refractivity contribution in [1.29, 1.82) is 0 Å². The monoisotopic (exact) mass is 252 g/mol. The maximum absolute atomic E-state index is 11.7. The number of nitrogens with one attached hydrogen (secondary N) is 2. The first-order chi connectivity index (χ1) is 9.24. The lowest BCUT2D eigenvalue weighted by atomic mass is 10.0. The fourth-order valence-electron chi connectivity index (χ4n) is 2.17. The summed E-state index contributed by atoms with van der Waals surface area (Å²) in [4.78, 5) is 23.3. The quantitative estimate of drug-likeness (QED) is 0.730. The maximum Gasteiger partial charge on any atom is 0.270 e. The average Bonchev–Trinajstić information content (AvgIpc) is 2.44. The lowest BCUT2D eigenvalue weighted by molar-refractivity contribution is 0.975. The summed E-state index contributed by atoms with van der Waals surface area (Å²) in [5.74, 6) is 0. The zero-order chi connectivity index (χ0) is 13.2. The van der Waals surface area contributed by atoms with Crippen LogP contribution < -0.4 is 11.1 Å². The zero-order valence-corrected chi connectivity index (χ0v) is 10.1. The highest BCUT2D eigenvalue weighted by molar-refractivity contribution is 5.81. The van der Waals surface area contributed by atoms with E-state index < -0.39 is 0 Å². The molecule has 1 heterocycles. The highest BCUT2D eigenvalue weighted by Gasteiger charge is 2.04. The Kier molecular flexibility index (Phi) is 2.76. The molecule has 94 valence electrons. The first-order valence-corrected chi connectivity index (χ1v) is 6.01. The number of H-pyrrole nitrogens is 2. The van der Waals surface area contributed by atoms with E-state index in [1.165, 1.54) is 5.56 Å². The molecule has 3 rings (SSSR count). The van der Waals surface area contributed by atoms with Gasteiger partial charge in [0, 0.05) is 0 Å². The third kappa shape index (κ3) is 2.20. The number of rotatable bonds is 2. The molecule has 3 aromatic rings. The molecular weight excluding hydrogens is 240 g/mol. The molecule has 2 N–H and O–H groups in total. The van der Waals surface area contributed by atoms with Crippen LogP contribution in [-0.2, 0) is 6.42 Å². The van der Waals surface area contributed by atoms with Crippen LogP contribution in [0.25, 0.3) is 10.8 Å². The summed E-state index contributed by atoms with van der Waals surface area (Å²) in [6, 6.07) is 15.3. The standard InChI is InChI=1S/C15H12N2O2/c18-14-12-7-6-11(8-10-4-2-1-3-5-10)9-13(12)15(19)17-16-14/h1-7,9H,8H2,(H,16,18)(H,17,19). The summed E-state index contributed by atoms with van der Waals surface area (Å²) < 4.78 is 0. The lowest BCUT2D eigenvalue weighted by Gasteiger charge is -2.03. The van der Waals surface area contributed by atoms with Gasteiger partial charge in [-0.25, -0.2) is 0 Å². The molecule has 1 aromatic heterocycles. The van der Waals surface area contributed by atoms with Crippen molar-refractivity contribution >= 4 is 10.8 Å². The van der Waals surface area contributed by atoms with E-state index in [9.17, 15) is 9.59 Å². The van der Waals surface area contributed by atoms with Crippen LogP contribution in [0.2, 0.25) is 0 Å². The van der Waals surface area contributed by atoms with Crippen molar-refractivity contribution in [1.82, 2.24) is 10.2 Å². The first kappa shape index (κ1) is 11.5. The molecule has 2 aromatic carbocycles. The highest BCUT2D eigenvalue weighted by atomic mass is 16.1. The molecule has 4 heteroatoms. The zero-order valence-electron chi connectivity index (χ0n) is 10.1. The SMILES string of the molecule is O=c1[nH][nH]c(=O)c2cc(Cc3ccccc3)ccc12. The molecule has 19 heavy (non-hydrogen) atoms. The summed E-state index contributed by atoms with van der Waals surface area (Å²) in [6.45, 7) is 0. The van der Waals surface area contributed by atoms with Crippen LogP contribution in [0, 0.1) is 0 Å². The summed E-state index contributed by atoms with van der Waals surface area (Å²) >= 11 is 0. The van der Waals surface area contributed by atoms with Crippen LogP contribution in [0.5, 0.6) is 0 Å². The molecule has 0 fully saturated rings. The van der Waals surface area contributed by atoms with Gasteiger partial charge < -0.3 is 0 Å². The van der Waals surface area contributed by atoms with Gasteiger partial charge in [0.1, 0.15) is 0 Å². The van der Waals surface area contributed by atoms with Gasteiger partial charge >= 0.3 is 0 Å². The van der Waals surface area contributed by atoms with Crippen molar-refractivity contribution in [3.05, 3.63) is 80.4 Å². The van der Waals surface area contributed by atoms with Crippen LogP contribution >= 0.6 is 0 Å². The molecule has 0 aliphatic carbocycles. The van der Waals surface area contributed by atoms with Gasteiger partial charge in [-0.05, 0) is 29.7 Å². The Labute approximate surface area is 108 Å².